The lowest BCUT2D eigenvalue weighted by Gasteiger charge is -2.34. The topological polar surface area (TPSA) is 84.6 Å². The van der Waals surface area contributed by atoms with Crippen molar-refractivity contribution in [3.8, 4) is 0 Å². The standard InChI is InChI=1S/C17H26N2O4S/c1-16(2,24(3)12-4-8-22-9-5-12)15(21)18-14-10-13(19-23-14)17(11-20)6-7-17/h10,12,20H,3-9,11H2,1-2H3,(H,18,21). The van der Waals surface area contributed by atoms with Crippen molar-refractivity contribution < 1.29 is 19.2 Å². The molecule has 1 aliphatic heterocycles. The normalized spacial score (nSPS) is 22.1. The quantitative estimate of drug-likeness (QED) is 0.766. The zero-order valence-corrected chi connectivity index (χ0v) is 15.2. The number of aliphatic hydroxyl groups is 1. The number of carbonyl (C=O) groups excluding carboxylic acids is 1. The van der Waals surface area contributed by atoms with E-state index in [0.29, 0.717) is 11.1 Å². The molecular formula is C17H26N2O4S. The SMILES string of the molecule is C=S(C1CCOCC1)C(C)(C)C(=O)Nc1cc(C2(CO)CC2)no1. The van der Waals surface area contributed by atoms with E-state index in [2.05, 4.69) is 16.3 Å². The predicted molar refractivity (Wildman–Crippen MR) is 95.8 cm³/mol. The van der Waals surface area contributed by atoms with E-state index in [4.69, 9.17) is 9.26 Å². The van der Waals surface area contributed by atoms with Crippen LogP contribution in [0.1, 0.15) is 45.2 Å². The Balaban J connectivity index is 1.66. The molecule has 1 aromatic rings. The van der Waals surface area contributed by atoms with Crippen LogP contribution in [0.2, 0.25) is 0 Å². The van der Waals surface area contributed by atoms with Gasteiger partial charge in [0.05, 0.1) is 17.0 Å². The van der Waals surface area contributed by atoms with Crippen molar-refractivity contribution in [2.24, 2.45) is 0 Å². The molecule has 1 aliphatic carbocycles. The lowest BCUT2D eigenvalue weighted by atomic mass is 10.0. The number of carbonyl (C=O) groups is 1. The van der Waals surface area contributed by atoms with Crippen LogP contribution in [0.25, 0.3) is 0 Å². The van der Waals surface area contributed by atoms with E-state index in [1.807, 2.05) is 13.8 Å². The van der Waals surface area contributed by atoms with Gasteiger partial charge in [-0.1, -0.05) is 11.0 Å². The number of nitrogens with one attached hydrogen (secondary N) is 1. The van der Waals surface area contributed by atoms with Crippen LogP contribution in [0.5, 0.6) is 0 Å². The third kappa shape index (κ3) is 3.30. The fraction of sp³-hybridized carbons (Fsp3) is 0.706. The maximum Gasteiger partial charge on any atom is 0.241 e. The zero-order chi connectivity index (χ0) is 17.4. The molecule has 6 nitrogen and oxygen atoms in total. The molecule has 134 valence electrons. The first-order valence-electron chi connectivity index (χ1n) is 8.39. The Labute approximate surface area is 144 Å². The smallest absolute Gasteiger partial charge is 0.241 e. The zero-order valence-electron chi connectivity index (χ0n) is 14.3. The van der Waals surface area contributed by atoms with E-state index in [9.17, 15) is 9.90 Å². The molecule has 1 unspecified atom stereocenters. The molecule has 0 radical (unpaired) electrons. The van der Waals surface area contributed by atoms with Gasteiger partial charge < -0.3 is 14.4 Å². The van der Waals surface area contributed by atoms with Crippen molar-refractivity contribution in [2.45, 2.75) is 54.9 Å². The van der Waals surface area contributed by atoms with Crippen molar-refractivity contribution in [3.63, 3.8) is 0 Å². The van der Waals surface area contributed by atoms with Crippen LogP contribution >= 0.6 is 10.5 Å². The first-order valence-corrected chi connectivity index (χ1v) is 9.85. The molecule has 2 heterocycles. The molecule has 7 heteroatoms. The van der Waals surface area contributed by atoms with Gasteiger partial charge in [-0.25, -0.2) is 0 Å². The minimum atomic E-state index is -0.594. The van der Waals surface area contributed by atoms with Crippen LogP contribution < -0.4 is 5.32 Å². The summed E-state index contributed by atoms with van der Waals surface area (Å²) >= 11 is 0. The van der Waals surface area contributed by atoms with Gasteiger partial charge in [0.25, 0.3) is 0 Å². The molecule has 1 amide bonds. The van der Waals surface area contributed by atoms with E-state index in [-0.39, 0.29) is 28.4 Å². The second-order valence-electron chi connectivity index (χ2n) is 7.22. The number of aliphatic hydroxyl groups excluding tert-OH is 1. The molecule has 2 N–H and O–H groups in total. The molecule has 0 bridgehead atoms. The molecule has 3 rings (SSSR count). The van der Waals surface area contributed by atoms with E-state index in [1.165, 1.54) is 0 Å². The summed E-state index contributed by atoms with van der Waals surface area (Å²) in [5.41, 5.74) is 0.455. The van der Waals surface area contributed by atoms with Crippen LogP contribution in [-0.2, 0) is 14.9 Å². The number of ether oxygens (including phenoxy) is 1. The van der Waals surface area contributed by atoms with Gasteiger partial charge >= 0.3 is 0 Å². The van der Waals surface area contributed by atoms with Gasteiger partial charge in [0, 0.05) is 29.9 Å². The lowest BCUT2D eigenvalue weighted by molar-refractivity contribution is -0.117. The van der Waals surface area contributed by atoms with E-state index >= 15 is 0 Å². The van der Waals surface area contributed by atoms with Gasteiger partial charge in [-0.2, -0.15) is 10.5 Å². The highest BCUT2D eigenvalue weighted by atomic mass is 32.2. The molecule has 1 saturated carbocycles. The molecule has 1 atom stereocenters. The molecule has 24 heavy (non-hydrogen) atoms. The van der Waals surface area contributed by atoms with Gasteiger partial charge in [-0.3, -0.25) is 10.1 Å². The highest BCUT2D eigenvalue weighted by molar-refractivity contribution is 8.16. The Morgan fingerprint density at radius 2 is 2.17 bits per heavy atom. The Morgan fingerprint density at radius 1 is 1.50 bits per heavy atom. The van der Waals surface area contributed by atoms with E-state index in [0.717, 1.165) is 44.6 Å². The van der Waals surface area contributed by atoms with Crippen LogP contribution in [0, 0.1) is 0 Å². The maximum absolute atomic E-state index is 12.7. The predicted octanol–water partition coefficient (Wildman–Crippen LogP) is 2.30. The number of aromatic nitrogens is 1. The van der Waals surface area contributed by atoms with Crippen molar-refractivity contribution >= 4 is 28.1 Å². The summed E-state index contributed by atoms with van der Waals surface area (Å²) in [5, 5.41) is 16.7. The van der Waals surface area contributed by atoms with Gasteiger partial charge in [-0.05, 0) is 39.5 Å². The minimum Gasteiger partial charge on any atom is -0.395 e. The molecule has 0 spiro atoms. The Hall–Kier alpha value is -1.18. The summed E-state index contributed by atoms with van der Waals surface area (Å²) in [4.78, 5) is 12.7. The largest absolute Gasteiger partial charge is 0.395 e. The molecule has 1 aromatic heterocycles. The summed E-state index contributed by atoms with van der Waals surface area (Å²) in [6, 6.07) is 1.73. The minimum absolute atomic E-state index is 0.0600. The maximum atomic E-state index is 12.7. The monoisotopic (exact) mass is 354 g/mol. The van der Waals surface area contributed by atoms with Gasteiger partial charge in [0.1, 0.15) is 0 Å². The van der Waals surface area contributed by atoms with Crippen LogP contribution in [0.15, 0.2) is 10.6 Å². The summed E-state index contributed by atoms with van der Waals surface area (Å²) < 4.78 is 10.1. The van der Waals surface area contributed by atoms with Crippen molar-refractivity contribution in [2.75, 3.05) is 25.1 Å². The summed E-state index contributed by atoms with van der Waals surface area (Å²) in [6.45, 7) is 5.42. The van der Waals surface area contributed by atoms with Crippen LogP contribution in [0.3, 0.4) is 0 Å². The number of hydrogen-bond acceptors (Lipinski definition) is 5. The van der Waals surface area contributed by atoms with Crippen LogP contribution in [-0.4, -0.2) is 51.9 Å². The van der Waals surface area contributed by atoms with Crippen LogP contribution in [0.4, 0.5) is 5.88 Å². The van der Waals surface area contributed by atoms with Crippen molar-refractivity contribution in [1.29, 1.82) is 0 Å². The number of hydrogen-bond donors (Lipinski definition) is 2. The fourth-order valence-electron chi connectivity index (χ4n) is 2.99. The number of nitrogens with zero attached hydrogens (tertiary/aromatic N) is 1. The Bertz CT molecular complexity index is 630. The summed E-state index contributed by atoms with van der Waals surface area (Å²) in [6.07, 6.45) is 3.71. The second kappa shape index (κ2) is 6.61. The third-order valence-electron chi connectivity index (χ3n) is 5.22. The number of anilines is 1. The second-order valence-corrected chi connectivity index (χ2v) is 9.76. The fourth-order valence-corrected chi connectivity index (χ4v) is 4.87. The first kappa shape index (κ1) is 17.6. The molecule has 1 saturated heterocycles. The average molecular weight is 354 g/mol. The molecule has 2 fully saturated rings. The summed E-state index contributed by atoms with van der Waals surface area (Å²) in [7, 11) is -0.314. The molecular weight excluding hydrogens is 328 g/mol. The summed E-state index contributed by atoms with van der Waals surface area (Å²) in [5.74, 6) is 4.53. The van der Waals surface area contributed by atoms with E-state index in [1.54, 1.807) is 6.07 Å². The van der Waals surface area contributed by atoms with Crippen molar-refractivity contribution in [1.82, 2.24) is 5.16 Å². The highest BCUT2D eigenvalue weighted by Gasteiger charge is 2.46. The molecule has 2 aliphatic rings. The first-order chi connectivity index (χ1) is 11.4. The highest BCUT2D eigenvalue weighted by Crippen LogP contribution is 2.47. The Kier molecular flexibility index (Phi) is 4.86. The van der Waals surface area contributed by atoms with Gasteiger partial charge in [-0.15, -0.1) is 0 Å². The number of rotatable bonds is 6. The van der Waals surface area contributed by atoms with Crippen molar-refractivity contribution in [3.05, 3.63) is 11.8 Å². The molecule has 0 aromatic carbocycles. The van der Waals surface area contributed by atoms with Gasteiger partial charge in [0.2, 0.25) is 11.8 Å². The lowest BCUT2D eigenvalue weighted by Crippen LogP contribution is -2.38. The third-order valence-corrected chi connectivity index (χ3v) is 7.99. The Morgan fingerprint density at radius 3 is 2.75 bits per heavy atom. The number of amides is 1. The van der Waals surface area contributed by atoms with Gasteiger partial charge in [0.15, 0.2) is 0 Å². The average Bonchev–Trinajstić information content (AvgIpc) is 3.26. The van der Waals surface area contributed by atoms with E-state index < -0.39 is 4.75 Å².